The van der Waals surface area contributed by atoms with Gasteiger partial charge in [-0.25, -0.2) is 0 Å². The lowest BCUT2D eigenvalue weighted by Crippen LogP contribution is -2.52. The topological polar surface area (TPSA) is 13.0 Å². The second-order valence-corrected chi connectivity index (χ2v) is 14.9. The van der Waals surface area contributed by atoms with Crippen molar-refractivity contribution in [2.45, 2.75) is 119 Å². The van der Waals surface area contributed by atoms with Crippen molar-refractivity contribution in [2.75, 3.05) is 72.5 Å². The Bertz CT molecular complexity index is 474. The maximum atomic E-state index is 2.62. The summed E-state index contributed by atoms with van der Waals surface area (Å²) in [4.78, 5) is 10.2. The first-order valence-electron chi connectivity index (χ1n) is 15.0. The predicted molar refractivity (Wildman–Crippen MR) is 158 cm³/mol. The van der Waals surface area contributed by atoms with Gasteiger partial charge in [0.25, 0.3) is 0 Å². The van der Waals surface area contributed by atoms with Crippen LogP contribution in [0.1, 0.15) is 114 Å². The van der Waals surface area contributed by atoms with Crippen molar-refractivity contribution in [1.29, 1.82) is 0 Å². The van der Waals surface area contributed by atoms with Gasteiger partial charge >= 0.3 is 0 Å². The lowest BCUT2D eigenvalue weighted by molar-refractivity contribution is 0.0735. The Morgan fingerprint density at radius 3 is 1.09 bits per heavy atom. The van der Waals surface area contributed by atoms with Crippen LogP contribution in [0.2, 0.25) is 0 Å². The lowest BCUT2D eigenvalue weighted by Gasteiger charge is -2.41. The molecule has 3 heterocycles. The fourth-order valence-electron chi connectivity index (χ4n) is 4.83. The van der Waals surface area contributed by atoms with E-state index in [9.17, 15) is 0 Å². The quantitative estimate of drug-likeness (QED) is 0.424. The summed E-state index contributed by atoms with van der Waals surface area (Å²) in [6.07, 6.45) is 11.3. The van der Waals surface area contributed by atoms with E-state index in [1.807, 2.05) is 0 Å². The molecule has 0 radical (unpaired) electrons. The third-order valence-corrected chi connectivity index (χ3v) is 7.71. The van der Waals surface area contributed by atoms with Crippen molar-refractivity contribution in [3.63, 3.8) is 0 Å². The number of hydrogen-bond acceptors (Lipinski definition) is 4. The molecular formula is C31H66N4. The van der Waals surface area contributed by atoms with E-state index in [0.29, 0.717) is 16.4 Å². The summed E-state index contributed by atoms with van der Waals surface area (Å²) >= 11 is 0. The van der Waals surface area contributed by atoms with Gasteiger partial charge in [-0.3, -0.25) is 4.90 Å². The first kappa shape index (κ1) is 32.9. The summed E-state index contributed by atoms with van der Waals surface area (Å²) in [6, 6.07) is 0. The smallest absolute Gasteiger partial charge is 0.0126 e. The molecule has 4 nitrogen and oxygen atoms in total. The molecule has 0 atom stereocenters. The molecule has 0 unspecified atom stereocenters. The van der Waals surface area contributed by atoms with Gasteiger partial charge in [0.2, 0.25) is 0 Å². The van der Waals surface area contributed by atoms with Crippen LogP contribution in [-0.2, 0) is 0 Å². The zero-order valence-electron chi connectivity index (χ0n) is 26.0. The molecule has 3 aliphatic heterocycles. The van der Waals surface area contributed by atoms with Gasteiger partial charge in [0, 0.05) is 31.7 Å². The zero-order chi connectivity index (χ0) is 26.5. The van der Waals surface area contributed by atoms with Gasteiger partial charge < -0.3 is 14.7 Å². The Morgan fingerprint density at radius 2 is 0.800 bits per heavy atom. The highest BCUT2D eigenvalue weighted by atomic mass is 15.3. The molecule has 3 fully saturated rings. The summed E-state index contributed by atoms with van der Waals surface area (Å²) in [7, 11) is 2.19. The number of likely N-dealkylation sites (N-methyl/N-ethyl adjacent to an activating group) is 1. The van der Waals surface area contributed by atoms with Crippen LogP contribution in [0, 0.1) is 10.8 Å². The molecule has 3 rings (SSSR count). The molecule has 0 bridgehead atoms. The maximum Gasteiger partial charge on any atom is 0.0126 e. The Morgan fingerprint density at radius 1 is 0.457 bits per heavy atom. The standard InChI is InChI=1S/2C11H23N.C9H20N2/c2*1-11(2,3)7-10-12-8-5-4-6-9-12;1-9(2,3)11-7-5-10(4)6-8-11/h2*4-10H2,1-3H3;5-8H2,1-4H3. The van der Waals surface area contributed by atoms with E-state index < -0.39 is 0 Å². The van der Waals surface area contributed by atoms with E-state index >= 15 is 0 Å². The molecule has 0 aromatic rings. The van der Waals surface area contributed by atoms with Gasteiger partial charge in [-0.15, -0.1) is 0 Å². The summed E-state index contributed by atoms with van der Waals surface area (Å²) in [5, 5.41) is 0. The number of rotatable bonds is 4. The molecular weight excluding hydrogens is 428 g/mol. The van der Waals surface area contributed by atoms with Gasteiger partial charge in [0.15, 0.2) is 0 Å². The summed E-state index contributed by atoms with van der Waals surface area (Å²) < 4.78 is 0. The van der Waals surface area contributed by atoms with Crippen molar-refractivity contribution in [3.05, 3.63) is 0 Å². The van der Waals surface area contributed by atoms with Crippen LogP contribution in [0.3, 0.4) is 0 Å². The van der Waals surface area contributed by atoms with E-state index in [1.165, 1.54) is 117 Å². The highest BCUT2D eigenvalue weighted by Crippen LogP contribution is 2.21. The molecule has 0 spiro atoms. The highest BCUT2D eigenvalue weighted by molar-refractivity contribution is 4.80. The number of nitrogens with zero attached hydrogens (tertiary/aromatic N) is 4. The van der Waals surface area contributed by atoms with Gasteiger partial charge in [-0.1, -0.05) is 54.4 Å². The van der Waals surface area contributed by atoms with Crippen LogP contribution in [0.25, 0.3) is 0 Å². The second-order valence-electron chi connectivity index (χ2n) is 14.9. The number of piperazine rings is 1. The zero-order valence-corrected chi connectivity index (χ0v) is 26.0. The molecule has 0 aliphatic carbocycles. The summed E-state index contributed by atoms with van der Waals surface area (Å²) in [5.74, 6) is 0. The predicted octanol–water partition coefficient (Wildman–Crippen LogP) is 6.85. The number of hydrogen-bond donors (Lipinski definition) is 0. The normalized spacial score (nSPS) is 22.1. The monoisotopic (exact) mass is 495 g/mol. The van der Waals surface area contributed by atoms with Crippen molar-refractivity contribution in [1.82, 2.24) is 19.6 Å². The molecule has 0 aromatic carbocycles. The van der Waals surface area contributed by atoms with Crippen molar-refractivity contribution >= 4 is 0 Å². The van der Waals surface area contributed by atoms with Gasteiger partial charge in [0.1, 0.15) is 0 Å². The van der Waals surface area contributed by atoms with Crippen molar-refractivity contribution < 1.29 is 0 Å². The minimum Gasteiger partial charge on any atom is -0.304 e. The Hall–Kier alpha value is -0.160. The van der Waals surface area contributed by atoms with Crippen LogP contribution in [0.4, 0.5) is 0 Å². The molecule has 35 heavy (non-hydrogen) atoms. The average molecular weight is 495 g/mol. The highest BCUT2D eigenvalue weighted by Gasteiger charge is 2.24. The summed E-state index contributed by atoms with van der Waals surface area (Å²) in [6.45, 7) is 33.7. The fraction of sp³-hybridized carbons (Fsp3) is 1.00. The number of likely N-dealkylation sites (tertiary alicyclic amines) is 2. The van der Waals surface area contributed by atoms with Crippen LogP contribution in [0.5, 0.6) is 0 Å². The van der Waals surface area contributed by atoms with E-state index in [2.05, 4.69) is 89.0 Å². The SMILES string of the molecule is CC(C)(C)CCN1CCCCC1.CC(C)(C)CCN1CCCCC1.CN1CCN(C(C)(C)C)CC1. The van der Waals surface area contributed by atoms with Crippen LogP contribution in [-0.4, -0.2) is 97.6 Å². The Balaban J connectivity index is 0.000000263. The Labute approximate surface area is 222 Å². The third kappa shape index (κ3) is 17.8. The molecule has 0 N–H and O–H groups in total. The van der Waals surface area contributed by atoms with Gasteiger partial charge in [0.05, 0.1) is 0 Å². The fourth-order valence-corrected chi connectivity index (χ4v) is 4.83. The van der Waals surface area contributed by atoms with Crippen LogP contribution < -0.4 is 0 Å². The van der Waals surface area contributed by atoms with E-state index in [-0.39, 0.29) is 0 Å². The largest absolute Gasteiger partial charge is 0.304 e. The molecule has 0 aromatic heterocycles. The molecule has 0 saturated carbocycles. The maximum absolute atomic E-state index is 2.62. The summed E-state index contributed by atoms with van der Waals surface area (Å²) in [5.41, 5.74) is 1.39. The number of piperidine rings is 2. The van der Waals surface area contributed by atoms with Gasteiger partial charge in [-0.2, -0.15) is 0 Å². The van der Waals surface area contributed by atoms with E-state index in [0.717, 1.165) is 0 Å². The van der Waals surface area contributed by atoms with Crippen molar-refractivity contribution in [2.24, 2.45) is 10.8 Å². The first-order valence-corrected chi connectivity index (χ1v) is 15.0. The molecule has 0 amide bonds. The van der Waals surface area contributed by atoms with Crippen LogP contribution >= 0.6 is 0 Å². The van der Waals surface area contributed by atoms with Crippen LogP contribution in [0.15, 0.2) is 0 Å². The molecule has 3 aliphatic rings. The minimum absolute atomic E-state index is 0.362. The minimum atomic E-state index is 0.362. The second kappa shape index (κ2) is 15.9. The Kier molecular flexibility index (Phi) is 15.0. The molecule has 210 valence electrons. The lowest BCUT2D eigenvalue weighted by atomic mass is 9.92. The molecule has 3 saturated heterocycles. The van der Waals surface area contributed by atoms with E-state index in [1.54, 1.807) is 0 Å². The van der Waals surface area contributed by atoms with Gasteiger partial charge in [-0.05, 0) is 116 Å². The van der Waals surface area contributed by atoms with Crippen molar-refractivity contribution in [3.8, 4) is 0 Å². The average Bonchev–Trinajstić information content (AvgIpc) is 2.77. The third-order valence-electron chi connectivity index (χ3n) is 7.71. The van der Waals surface area contributed by atoms with E-state index in [4.69, 9.17) is 0 Å². The first-order chi connectivity index (χ1) is 16.2. The molecule has 4 heteroatoms.